The number of aliphatic carboxylic acids is 1. The SMILES string of the molecule is CSCCC(N)C(=O)NC(CC(N)=O)C(=O)NC(C)C(=O)N1CCCC1C(=O)O. The second-order valence-electron chi connectivity index (χ2n) is 6.88. The molecule has 0 aromatic rings. The number of hydrogen-bond donors (Lipinski definition) is 5. The Kier molecular flexibility index (Phi) is 9.89. The molecule has 1 saturated heterocycles. The summed E-state index contributed by atoms with van der Waals surface area (Å²) in [7, 11) is 0. The number of carboxylic acid groups (broad SMARTS) is 1. The molecule has 0 spiro atoms. The van der Waals surface area contributed by atoms with Gasteiger partial charge in [0.25, 0.3) is 0 Å². The minimum atomic E-state index is -1.29. The van der Waals surface area contributed by atoms with Crippen LogP contribution in [-0.4, -0.2) is 82.3 Å². The molecule has 11 nitrogen and oxygen atoms in total. The molecular formula is C17H29N5O6S. The molecule has 1 aliphatic heterocycles. The standard InChI is InChI=1S/C17H29N5O6S/c1-9(16(26)22-6-3-4-12(22)17(27)28)20-15(25)11(8-13(19)23)21-14(24)10(18)5-7-29-2/h9-12H,3-8,18H2,1-2H3,(H2,19,23)(H,20,25)(H,21,24)(H,27,28). The molecule has 1 rings (SSSR count). The van der Waals surface area contributed by atoms with Crippen molar-refractivity contribution in [1.82, 2.24) is 15.5 Å². The average molecular weight is 432 g/mol. The Hall–Kier alpha value is -2.34. The van der Waals surface area contributed by atoms with Gasteiger partial charge in [0.2, 0.25) is 23.6 Å². The van der Waals surface area contributed by atoms with E-state index < -0.39 is 60.2 Å². The van der Waals surface area contributed by atoms with Crippen molar-refractivity contribution in [2.24, 2.45) is 11.5 Å². The van der Waals surface area contributed by atoms with E-state index in [1.54, 1.807) is 0 Å². The Balaban J connectivity index is 2.76. The van der Waals surface area contributed by atoms with Crippen LogP contribution in [0.15, 0.2) is 0 Å². The monoisotopic (exact) mass is 431 g/mol. The van der Waals surface area contributed by atoms with Gasteiger partial charge in [-0.3, -0.25) is 19.2 Å². The van der Waals surface area contributed by atoms with E-state index in [1.165, 1.54) is 23.6 Å². The van der Waals surface area contributed by atoms with Crippen molar-refractivity contribution in [1.29, 1.82) is 0 Å². The molecule has 0 aromatic carbocycles. The molecule has 12 heteroatoms. The zero-order valence-electron chi connectivity index (χ0n) is 16.6. The van der Waals surface area contributed by atoms with Crippen molar-refractivity contribution in [2.45, 2.75) is 56.8 Å². The highest BCUT2D eigenvalue weighted by atomic mass is 32.2. The Morgan fingerprint density at radius 3 is 2.41 bits per heavy atom. The molecular weight excluding hydrogens is 402 g/mol. The van der Waals surface area contributed by atoms with E-state index >= 15 is 0 Å². The topological polar surface area (TPSA) is 185 Å². The highest BCUT2D eigenvalue weighted by Gasteiger charge is 2.37. The maximum Gasteiger partial charge on any atom is 0.326 e. The van der Waals surface area contributed by atoms with Gasteiger partial charge in [0.05, 0.1) is 12.5 Å². The zero-order chi connectivity index (χ0) is 22.1. The second-order valence-corrected chi connectivity index (χ2v) is 7.86. The first-order valence-electron chi connectivity index (χ1n) is 9.25. The largest absolute Gasteiger partial charge is 0.480 e. The molecule has 1 heterocycles. The molecule has 0 bridgehead atoms. The molecule has 0 radical (unpaired) electrons. The fourth-order valence-electron chi connectivity index (χ4n) is 2.98. The summed E-state index contributed by atoms with van der Waals surface area (Å²) in [4.78, 5) is 61.0. The van der Waals surface area contributed by atoms with Gasteiger partial charge in [0.15, 0.2) is 0 Å². The van der Waals surface area contributed by atoms with Crippen LogP contribution >= 0.6 is 11.8 Å². The first-order valence-corrected chi connectivity index (χ1v) is 10.6. The number of nitrogens with two attached hydrogens (primary N) is 2. The lowest BCUT2D eigenvalue weighted by Gasteiger charge is -2.27. The summed E-state index contributed by atoms with van der Waals surface area (Å²) in [5.41, 5.74) is 10.9. The van der Waals surface area contributed by atoms with Crippen molar-refractivity contribution in [3.63, 3.8) is 0 Å². The first kappa shape index (κ1) is 24.7. The van der Waals surface area contributed by atoms with Gasteiger partial charge in [-0.25, -0.2) is 4.79 Å². The predicted octanol–water partition coefficient (Wildman–Crippen LogP) is -1.99. The number of carbonyl (C=O) groups excluding carboxylic acids is 4. The smallest absolute Gasteiger partial charge is 0.326 e. The molecule has 4 unspecified atom stereocenters. The molecule has 4 amide bonds. The van der Waals surface area contributed by atoms with Gasteiger partial charge < -0.3 is 32.1 Å². The van der Waals surface area contributed by atoms with Crippen molar-refractivity contribution in [2.75, 3.05) is 18.6 Å². The van der Waals surface area contributed by atoms with Gasteiger partial charge in [0.1, 0.15) is 18.1 Å². The molecule has 0 saturated carbocycles. The van der Waals surface area contributed by atoms with Crippen LogP contribution in [0.5, 0.6) is 0 Å². The number of likely N-dealkylation sites (tertiary alicyclic amines) is 1. The summed E-state index contributed by atoms with van der Waals surface area (Å²) < 4.78 is 0. The van der Waals surface area contributed by atoms with E-state index in [9.17, 15) is 29.1 Å². The second kappa shape index (κ2) is 11.6. The number of rotatable bonds is 11. The Morgan fingerprint density at radius 2 is 1.86 bits per heavy atom. The number of primary amides is 1. The summed E-state index contributed by atoms with van der Waals surface area (Å²) in [5, 5.41) is 14.0. The molecule has 164 valence electrons. The van der Waals surface area contributed by atoms with Crippen LogP contribution in [-0.2, 0) is 24.0 Å². The van der Waals surface area contributed by atoms with Gasteiger partial charge in [-0.05, 0) is 38.2 Å². The molecule has 0 aromatic heterocycles. The third-order valence-corrected chi connectivity index (χ3v) is 5.20. The lowest BCUT2D eigenvalue weighted by atomic mass is 10.1. The summed E-state index contributed by atoms with van der Waals surface area (Å²) in [6.45, 7) is 1.69. The van der Waals surface area contributed by atoms with Gasteiger partial charge in [-0.15, -0.1) is 0 Å². The van der Waals surface area contributed by atoms with E-state index in [0.717, 1.165) is 0 Å². The van der Waals surface area contributed by atoms with Gasteiger partial charge in [0, 0.05) is 6.54 Å². The normalized spacial score (nSPS) is 19.1. The van der Waals surface area contributed by atoms with Gasteiger partial charge in [-0.2, -0.15) is 11.8 Å². The minimum absolute atomic E-state index is 0.280. The van der Waals surface area contributed by atoms with Crippen molar-refractivity contribution >= 4 is 41.4 Å². The number of hydrogen-bond acceptors (Lipinski definition) is 7. The third-order valence-electron chi connectivity index (χ3n) is 4.56. The highest BCUT2D eigenvalue weighted by molar-refractivity contribution is 7.98. The number of amides is 4. The van der Waals surface area contributed by atoms with E-state index in [1.807, 2.05) is 6.26 Å². The molecule has 0 aliphatic carbocycles. The van der Waals surface area contributed by atoms with Crippen LogP contribution in [0.1, 0.15) is 32.6 Å². The first-order chi connectivity index (χ1) is 13.6. The van der Waals surface area contributed by atoms with E-state index in [-0.39, 0.29) is 6.54 Å². The van der Waals surface area contributed by atoms with Crippen molar-refractivity contribution in [3.8, 4) is 0 Å². The lowest BCUT2D eigenvalue weighted by Crippen LogP contribution is -2.57. The molecule has 7 N–H and O–H groups in total. The Morgan fingerprint density at radius 1 is 1.21 bits per heavy atom. The summed E-state index contributed by atoms with van der Waals surface area (Å²) in [6, 6.07) is -4.12. The summed E-state index contributed by atoms with van der Waals surface area (Å²) in [6.07, 6.45) is 2.68. The minimum Gasteiger partial charge on any atom is -0.480 e. The maximum atomic E-state index is 12.5. The number of carbonyl (C=O) groups is 5. The van der Waals surface area contributed by atoms with Crippen LogP contribution < -0.4 is 22.1 Å². The zero-order valence-corrected chi connectivity index (χ0v) is 17.4. The van der Waals surface area contributed by atoms with Gasteiger partial charge >= 0.3 is 5.97 Å². The van der Waals surface area contributed by atoms with E-state index in [2.05, 4.69) is 10.6 Å². The fourth-order valence-corrected chi connectivity index (χ4v) is 3.47. The number of thioether (sulfide) groups is 1. The quantitative estimate of drug-likeness (QED) is 0.249. The van der Waals surface area contributed by atoms with Crippen molar-refractivity contribution in [3.05, 3.63) is 0 Å². The third kappa shape index (κ3) is 7.54. The summed E-state index contributed by atoms with van der Waals surface area (Å²) in [5.74, 6) is -3.21. The lowest BCUT2D eigenvalue weighted by molar-refractivity contribution is -0.149. The van der Waals surface area contributed by atoms with E-state index in [0.29, 0.717) is 25.0 Å². The summed E-state index contributed by atoms with van der Waals surface area (Å²) >= 11 is 1.51. The Bertz CT molecular complexity index is 646. The Labute approximate surface area is 173 Å². The van der Waals surface area contributed by atoms with Gasteiger partial charge in [-0.1, -0.05) is 0 Å². The molecule has 1 fully saturated rings. The number of carboxylic acids is 1. The molecule has 1 aliphatic rings. The predicted molar refractivity (Wildman–Crippen MR) is 107 cm³/mol. The average Bonchev–Trinajstić information content (AvgIpc) is 3.14. The fraction of sp³-hybridized carbons (Fsp3) is 0.706. The molecule has 29 heavy (non-hydrogen) atoms. The van der Waals surface area contributed by atoms with Crippen LogP contribution in [0.3, 0.4) is 0 Å². The number of nitrogens with zero attached hydrogens (tertiary/aromatic N) is 1. The van der Waals surface area contributed by atoms with Crippen LogP contribution in [0.25, 0.3) is 0 Å². The molecule has 4 atom stereocenters. The highest BCUT2D eigenvalue weighted by Crippen LogP contribution is 2.18. The van der Waals surface area contributed by atoms with Crippen LogP contribution in [0.2, 0.25) is 0 Å². The van der Waals surface area contributed by atoms with Crippen LogP contribution in [0, 0.1) is 0 Å². The van der Waals surface area contributed by atoms with E-state index in [4.69, 9.17) is 11.5 Å². The van der Waals surface area contributed by atoms with Crippen molar-refractivity contribution < 1.29 is 29.1 Å². The number of nitrogens with one attached hydrogen (secondary N) is 2. The maximum absolute atomic E-state index is 12.5. The van der Waals surface area contributed by atoms with Crippen LogP contribution in [0.4, 0.5) is 0 Å².